The molecular weight excluding hydrogens is 306 g/mol. The van der Waals surface area contributed by atoms with Gasteiger partial charge in [-0.25, -0.2) is 0 Å². The Bertz CT molecular complexity index is 472. The fourth-order valence-electron chi connectivity index (χ4n) is 1.69. The predicted molar refractivity (Wildman–Crippen MR) is 74.5 cm³/mol. The molecule has 5 nitrogen and oxygen atoms in total. The molecule has 8 heteroatoms. The van der Waals surface area contributed by atoms with Gasteiger partial charge in [-0.1, -0.05) is 41.5 Å². The SMILES string of the molecule is CC(C)(C)CC(C(=O)OCC(F)(F)S(=O)(=O)O)C(C)(C)C. The lowest BCUT2D eigenvalue weighted by atomic mass is 9.72. The van der Waals surface area contributed by atoms with E-state index in [0.717, 1.165) is 0 Å². The van der Waals surface area contributed by atoms with Crippen molar-refractivity contribution >= 4 is 16.1 Å². The minimum Gasteiger partial charge on any atom is -0.458 e. The highest BCUT2D eigenvalue weighted by Crippen LogP contribution is 2.37. The highest BCUT2D eigenvalue weighted by Gasteiger charge is 2.46. The fourth-order valence-corrected chi connectivity index (χ4v) is 1.89. The molecule has 0 heterocycles. The van der Waals surface area contributed by atoms with Crippen LogP contribution in [-0.2, 0) is 19.6 Å². The van der Waals surface area contributed by atoms with Crippen molar-refractivity contribution in [2.75, 3.05) is 6.61 Å². The minimum absolute atomic E-state index is 0.234. The first-order valence-electron chi connectivity index (χ1n) is 6.49. The average molecular weight is 330 g/mol. The third kappa shape index (κ3) is 6.69. The molecule has 21 heavy (non-hydrogen) atoms. The summed E-state index contributed by atoms with van der Waals surface area (Å²) in [7, 11) is -5.60. The predicted octanol–water partition coefficient (Wildman–Crippen LogP) is 3.11. The maximum absolute atomic E-state index is 13.1. The number of carbonyl (C=O) groups excluding carboxylic acids is 1. The van der Waals surface area contributed by atoms with Gasteiger partial charge in [0.1, 0.15) is 0 Å². The molecule has 126 valence electrons. The van der Waals surface area contributed by atoms with Crippen molar-refractivity contribution in [2.24, 2.45) is 16.7 Å². The van der Waals surface area contributed by atoms with Gasteiger partial charge in [-0.2, -0.15) is 17.2 Å². The second-order valence-corrected chi connectivity index (χ2v) is 8.95. The van der Waals surface area contributed by atoms with E-state index in [9.17, 15) is 22.0 Å². The first kappa shape index (κ1) is 20.2. The Hall–Kier alpha value is -0.760. The van der Waals surface area contributed by atoms with Crippen LogP contribution < -0.4 is 0 Å². The minimum atomic E-state index is -5.60. The van der Waals surface area contributed by atoms with Crippen LogP contribution in [0.4, 0.5) is 8.78 Å². The van der Waals surface area contributed by atoms with Crippen molar-refractivity contribution in [1.82, 2.24) is 0 Å². The number of halogens is 2. The molecule has 1 N–H and O–H groups in total. The Kier molecular flexibility index (Phi) is 5.94. The van der Waals surface area contributed by atoms with E-state index in [1.807, 2.05) is 20.8 Å². The largest absolute Gasteiger partial charge is 0.458 e. The summed E-state index contributed by atoms with van der Waals surface area (Å²) in [5.74, 6) is -1.57. The molecular formula is C13H24F2O5S. The Morgan fingerprint density at radius 2 is 1.57 bits per heavy atom. The van der Waals surface area contributed by atoms with E-state index in [4.69, 9.17) is 4.55 Å². The molecule has 0 fully saturated rings. The fraction of sp³-hybridized carbons (Fsp3) is 0.923. The molecule has 0 amide bonds. The molecule has 1 atom stereocenters. The number of alkyl halides is 2. The van der Waals surface area contributed by atoms with Crippen molar-refractivity contribution in [2.45, 2.75) is 53.2 Å². The lowest BCUT2D eigenvalue weighted by Gasteiger charge is -2.34. The van der Waals surface area contributed by atoms with E-state index >= 15 is 0 Å². The van der Waals surface area contributed by atoms with Crippen LogP contribution in [0.3, 0.4) is 0 Å². The molecule has 0 aromatic carbocycles. The van der Waals surface area contributed by atoms with E-state index in [1.54, 1.807) is 20.8 Å². The quantitative estimate of drug-likeness (QED) is 0.619. The molecule has 0 aliphatic carbocycles. The van der Waals surface area contributed by atoms with Crippen LogP contribution in [0.15, 0.2) is 0 Å². The summed E-state index contributed by atoms with van der Waals surface area (Å²) in [6, 6.07) is 0. The maximum Gasteiger partial charge on any atom is 0.402 e. The van der Waals surface area contributed by atoms with Crippen LogP contribution in [-0.4, -0.2) is 30.8 Å². The second kappa shape index (κ2) is 6.16. The van der Waals surface area contributed by atoms with Crippen LogP contribution in [0.25, 0.3) is 0 Å². The molecule has 0 spiro atoms. The standard InChI is InChI=1S/C13H24F2O5S/c1-11(2,3)7-9(12(4,5)6)10(16)20-8-13(14,15)21(17,18)19/h9H,7-8H2,1-6H3,(H,17,18,19). The molecule has 1 unspecified atom stereocenters. The molecule has 0 aromatic rings. The van der Waals surface area contributed by atoms with Gasteiger partial charge in [0.05, 0.1) is 5.92 Å². The van der Waals surface area contributed by atoms with E-state index < -0.39 is 39.3 Å². The number of ether oxygens (including phenoxy) is 1. The monoisotopic (exact) mass is 330 g/mol. The van der Waals surface area contributed by atoms with Gasteiger partial charge in [0.15, 0.2) is 6.61 Å². The van der Waals surface area contributed by atoms with Gasteiger partial charge < -0.3 is 4.74 Å². The van der Waals surface area contributed by atoms with Crippen molar-refractivity contribution in [3.63, 3.8) is 0 Å². The van der Waals surface area contributed by atoms with Gasteiger partial charge in [0, 0.05) is 0 Å². The van der Waals surface area contributed by atoms with E-state index in [1.165, 1.54) is 0 Å². The lowest BCUT2D eigenvalue weighted by Crippen LogP contribution is -2.39. The average Bonchev–Trinajstić information content (AvgIpc) is 2.18. The summed E-state index contributed by atoms with van der Waals surface area (Å²) in [6.45, 7) is 9.30. The number of esters is 1. The lowest BCUT2D eigenvalue weighted by molar-refractivity contribution is -0.159. The van der Waals surface area contributed by atoms with Crippen LogP contribution in [0.2, 0.25) is 0 Å². The van der Waals surface area contributed by atoms with Gasteiger partial charge in [-0.15, -0.1) is 0 Å². The number of hydrogen-bond donors (Lipinski definition) is 1. The Morgan fingerprint density at radius 1 is 1.14 bits per heavy atom. The molecule has 0 saturated carbocycles. The van der Waals surface area contributed by atoms with Crippen LogP contribution in [0, 0.1) is 16.7 Å². The number of carbonyl (C=O) groups is 1. The number of hydrogen-bond acceptors (Lipinski definition) is 4. The van der Waals surface area contributed by atoms with Crippen LogP contribution in [0.1, 0.15) is 48.0 Å². The van der Waals surface area contributed by atoms with E-state index in [-0.39, 0.29) is 5.41 Å². The van der Waals surface area contributed by atoms with Crippen LogP contribution in [0.5, 0.6) is 0 Å². The van der Waals surface area contributed by atoms with Crippen molar-refractivity contribution < 1.29 is 31.3 Å². The van der Waals surface area contributed by atoms with Crippen molar-refractivity contribution in [1.29, 1.82) is 0 Å². The summed E-state index contributed by atoms with van der Waals surface area (Å²) < 4.78 is 59.9. The van der Waals surface area contributed by atoms with Gasteiger partial charge in [-0.3, -0.25) is 9.35 Å². The third-order valence-corrected chi connectivity index (χ3v) is 3.78. The van der Waals surface area contributed by atoms with E-state index in [2.05, 4.69) is 4.74 Å². The zero-order chi connectivity index (χ0) is 17.3. The summed E-state index contributed by atoms with van der Waals surface area (Å²) in [5.41, 5.74) is -0.764. The Balaban J connectivity index is 5.03. The van der Waals surface area contributed by atoms with E-state index in [0.29, 0.717) is 6.42 Å². The summed E-state index contributed by atoms with van der Waals surface area (Å²) in [6.07, 6.45) is 0.396. The first-order chi connectivity index (χ1) is 8.97. The Morgan fingerprint density at radius 3 is 1.86 bits per heavy atom. The second-order valence-electron chi connectivity index (χ2n) is 7.40. The summed E-state index contributed by atoms with van der Waals surface area (Å²) in [4.78, 5) is 12.0. The van der Waals surface area contributed by atoms with Gasteiger partial charge >= 0.3 is 21.3 Å². The van der Waals surface area contributed by atoms with Gasteiger partial charge in [-0.05, 0) is 17.3 Å². The molecule has 0 saturated heterocycles. The molecule has 0 rings (SSSR count). The summed E-state index contributed by atoms with van der Waals surface area (Å²) >= 11 is 0. The molecule has 0 radical (unpaired) electrons. The molecule has 0 bridgehead atoms. The van der Waals surface area contributed by atoms with Gasteiger partial charge in [0.25, 0.3) is 0 Å². The zero-order valence-electron chi connectivity index (χ0n) is 13.2. The smallest absolute Gasteiger partial charge is 0.402 e. The molecule has 0 aliphatic rings. The normalized spacial score (nSPS) is 15.7. The maximum atomic E-state index is 13.1. The van der Waals surface area contributed by atoms with Crippen LogP contribution >= 0.6 is 0 Å². The summed E-state index contributed by atoms with van der Waals surface area (Å²) in [5, 5.41) is -4.51. The molecule has 0 aromatic heterocycles. The molecule has 0 aliphatic heterocycles. The first-order valence-corrected chi connectivity index (χ1v) is 7.93. The Labute approximate surface area is 124 Å². The zero-order valence-corrected chi connectivity index (χ0v) is 14.1. The number of rotatable bonds is 5. The third-order valence-electron chi connectivity index (χ3n) is 2.91. The van der Waals surface area contributed by atoms with Crippen molar-refractivity contribution in [3.8, 4) is 0 Å². The van der Waals surface area contributed by atoms with Crippen molar-refractivity contribution in [3.05, 3.63) is 0 Å². The topological polar surface area (TPSA) is 80.7 Å². The van der Waals surface area contributed by atoms with Gasteiger partial charge in [0.2, 0.25) is 0 Å². The highest BCUT2D eigenvalue weighted by atomic mass is 32.2. The highest BCUT2D eigenvalue weighted by molar-refractivity contribution is 7.86.